The number of carbonyl (C=O) groups is 1. The minimum atomic E-state index is -0.514. The number of benzene rings is 1. The predicted molar refractivity (Wildman–Crippen MR) is 74.0 cm³/mol. The molecule has 0 aliphatic heterocycles. The van der Waals surface area contributed by atoms with Gasteiger partial charge >= 0.3 is 0 Å². The highest BCUT2D eigenvalue weighted by atomic mass is 32.2. The van der Waals surface area contributed by atoms with Crippen LogP contribution in [0.25, 0.3) is 0 Å². The Morgan fingerprint density at radius 2 is 2.25 bits per heavy atom. The summed E-state index contributed by atoms with van der Waals surface area (Å²) in [5.41, 5.74) is 0.0771. The molecule has 0 spiro atoms. The molecule has 0 saturated carbocycles. The second-order valence-corrected chi connectivity index (χ2v) is 4.69. The van der Waals surface area contributed by atoms with Crippen molar-refractivity contribution in [2.45, 2.75) is 11.8 Å². The van der Waals surface area contributed by atoms with Gasteiger partial charge in [0.05, 0.1) is 9.82 Å². The van der Waals surface area contributed by atoms with Crippen molar-refractivity contribution < 1.29 is 9.72 Å². The van der Waals surface area contributed by atoms with Crippen LogP contribution >= 0.6 is 11.8 Å². The molecular weight excluding hydrogens is 282 g/mol. The zero-order valence-corrected chi connectivity index (χ0v) is 11.5. The van der Waals surface area contributed by atoms with Crippen LogP contribution in [0.3, 0.4) is 0 Å². The summed E-state index contributed by atoms with van der Waals surface area (Å²) in [5.74, 6) is 0.188. The van der Waals surface area contributed by atoms with Crippen LogP contribution in [0.15, 0.2) is 23.1 Å². The van der Waals surface area contributed by atoms with Gasteiger partial charge in [-0.2, -0.15) is 4.98 Å². The van der Waals surface area contributed by atoms with Gasteiger partial charge in [0.1, 0.15) is 5.82 Å². The summed E-state index contributed by atoms with van der Waals surface area (Å²) in [4.78, 5) is 26.8. The fourth-order valence-corrected chi connectivity index (χ4v) is 2.09. The summed E-state index contributed by atoms with van der Waals surface area (Å²) in [6.45, 7) is 1.70. The average molecular weight is 293 g/mol. The molecule has 0 bridgehead atoms. The maximum absolute atomic E-state index is 12.0. The SMILES string of the molecule is CSc1ccc(C(=O)Nc2n[nH]c(C)n2)cc1[N+](=O)[O-]. The van der Waals surface area contributed by atoms with Crippen molar-refractivity contribution >= 4 is 29.3 Å². The number of aryl methyl sites for hydroxylation is 1. The Hall–Kier alpha value is -2.42. The van der Waals surface area contributed by atoms with Crippen LogP contribution in [0.4, 0.5) is 11.6 Å². The topological polar surface area (TPSA) is 114 Å². The minimum absolute atomic E-state index is 0.101. The summed E-state index contributed by atoms with van der Waals surface area (Å²) in [6, 6.07) is 4.30. The smallest absolute Gasteiger partial charge is 0.283 e. The van der Waals surface area contributed by atoms with E-state index in [1.54, 1.807) is 19.2 Å². The van der Waals surface area contributed by atoms with E-state index in [-0.39, 0.29) is 17.2 Å². The van der Waals surface area contributed by atoms with Crippen molar-refractivity contribution in [3.8, 4) is 0 Å². The Bertz CT molecular complexity index is 670. The number of H-pyrrole nitrogens is 1. The fraction of sp³-hybridized carbons (Fsp3) is 0.182. The standard InChI is InChI=1S/C11H11N5O3S/c1-6-12-11(15-14-6)13-10(17)7-3-4-9(20-2)8(5-7)16(18)19/h3-5H,1-2H3,(H2,12,13,14,15,17). The molecule has 0 atom stereocenters. The molecule has 20 heavy (non-hydrogen) atoms. The number of nitro groups is 1. The van der Waals surface area contributed by atoms with E-state index in [4.69, 9.17) is 0 Å². The second-order valence-electron chi connectivity index (χ2n) is 3.84. The maximum atomic E-state index is 12.0. The summed E-state index contributed by atoms with van der Waals surface area (Å²) in [6.07, 6.45) is 1.73. The third kappa shape index (κ3) is 2.94. The molecule has 1 aromatic carbocycles. The Kier molecular flexibility index (Phi) is 3.99. The van der Waals surface area contributed by atoms with E-state index in [9.17, 15) is 14.9 Å². The number of aromatic amines is 1. The first-order valence-corrected chi connectivity index (χ1v) is 6.76. The number of rotatable bonds is 4. The normalized spacial score (nSPS) is 10.3. The molecule has 2 rings (SSSR count). The monoisotopic (exact) mass is 293 g/mol. The predicted octanol–water partition coefficient (Wildman–Crippen LogP) is 2.00. The van der Waals surface area contributed by atoms with Gasteiger partial charge in [-0.1, -0.05) is 0 Å². The minimum Gasteiger partial charge on any atom is -0.289 e. The number of nitrogens with one attached hydrogen (secondary N) is 2. The molecule has 0 aliphatic rings. The molecule has 2 aromatic rings. The number of thioether (sulfide) groups is 1. The number of anilines is 1. The number of aromatic nitrogens is 3. The van der Waals surface area contributed by atoms with Crippen LogP contribution < -0.4 is 5.32 Å². The zero-order valence-electron chi connectivity index (χ0n) is 10.7. The number of carbonyl (C=O) groups excluding carboxylic acids is 1. The van der Waals surface area contributed by atoms with Gasteiger partial charge in [-0.15, -0.1) is 16.9 Å². The van der Waals surface area contributed by atoms with Crippen LogP contribution in [-0.2, 0) is 0 Å². The highest BCUT2D eigenvalue weighted by molar-refractivity contribution is 7.98. The van der Waals surface area contributed by atoms with E-state index >= 15 is 0 Å². The first kappa shape index (κ1) is 14.0. The highest BCUT2D eigenvalue weighted by Gasteiger charge is 2.17. The number of hydrogen-bond acceptors (Lipinski definition) is 6. The van der Waals surface area contributed by atoms with Crippen LogP contribution in [0.5, 0.6) is 0 Å². The lowest BCUT2D eigenvalue weighted by Crippen LogP contribution is -2.13. The third-order valence-corrected chi connectivity index (χ3v) is 3.25. The lowest BCUT2D eigenvalue weighted by Gasteiger charge is -2.03. The molecule has 0 fully saturated rings. The van der Waals surface area contributed by atoms with Crippen molar-refractivity contribution in [2.24, 2.45) is 0 Å². The van der Waals surface area contributed by atoms with Crippen molar-refractivity contribution in [1.29, 1.82) is 0 Å². The first-order valence-electron chi connectivity index (χ1n) is 5.54. The van der Waals surface area contributed by atoms with E-state index in [1.807, 2.05) is 0 Å². The van der Waals surface area contributed by atoms with Gasteiger partial charge in [0, 0.05) is 11.6 Å². The van der Waals surface area contributed by atoms with E-state index in [1.165, 1.54) is 23.9 Å². The molecule has 1 aromatic heterocycles. The molecule has 1 heterocycles. The molecule has 1 amide bonds. The van der Waals surface area contributed by atoms with Gasteiger partial charge in [0.25, 0.3) is 11.6 Å². The molecule has 104 valence electrons. The van der Waals surface area contributed by atoms with Crippen LogP contribution in [0, 0.1) is 17.0 Å². The highest BCUT2D eigenvalue weighted by Crippen LogP contribution is 2.28. The van der Waals surface area contributed by atoms with Crippen LogP contribution in [0.2, 0.25) is 0 Å². The largest absolute Gasteiger partial charge is 0.289 e. The lowest BCUT2D eigenvalue weighted by atomic mass is 10.2. The molecule has 0 unspecified atom stereocenters. The number of hydrogen-bond donors (Lipinski definition) is 2. The Balaban J connectivity index is 2.26. The second kappa shape index (κ2) is 5.70. The summed E-state index contributed by atoms with van der Waals surface area (Å²) < 4.78 is 0. The van der Waals surface area contributed by atoms with Crippen molar-refractivity contribution in [1.82, 2.24) is 15.2 Å². The quantitative estimate of drug-likeness (QED) is 0.506. The third-order valence-electron chi connectivity index (χ3n) is 2.46. The molecular formula is C11H11N5O3S. The van der Waals surface area contributed by atoms with Gasteiger partial charge < -0.3 is 0 Å². The van der Waals surface area contributed by atoms with E-state index < -0.39 is 10.8 Å². The molecule has 8 nitrogen and oxygen atoms in total. The van der Waals surface area contributed by atoms with Gasteiger partial charge in [0.2, 0.25) is 5.95 Å². The molecule has 0 saturated heterocycles. The van der Waals surface area contributed by atoms with Crippen LogP contribution in [-0.4, -0.2) is 32.3 Å². The number of amides is 1. The first-order chi connectivity index (χ1) is 9.51. The van der Waals surface area contributed by atoms with Crippen molar-refractivity contribution in [2.75, 3.05) is 11.6 Å². The van der Waals surface area contributed by atoms with Crippen molar-refractivity contribution in [3.63, 3.8) is 0 Å². The van der Waals surface area contributed by atoms with Gasteiger partial charge in [-0.3, -0.25) is 25.3 Å². The summed E-state index contributed by atoms with van der Waals surface area (Å²) in [7, 11) is 0. The lowest BCUT2D eigenvalue weighted by molar-refractivity contribution is -0.387. The Morgan fingerprint density at radius 1 is 1.50 bits per heavy atom. The van der Waals surface area contributed by atoms with E-state index in [0.29, 0.717) is 10.7 Å². The molecule has 2 N–H and O–H groups in total. The zero-order chi connectivity index (χ0) is 14.7. The summed E-state index contributed by atoms with van der Waals surface area (Å²) >= 11 is 1.25. The molecule has 0 aliphatic carbocycles. The molecule has 9 heteroatoms. The fourth-order valence-electron chi connectivity index (χ4n) is 1.55. The van der Waals surface area contributed by atoms with Gasteiger partial charge in [0.15, 0.2) is 0 Å². The van der Waals surface area contributed by atoms with E-state index in [0.717, 1.165) is 0 Å². The van der Waals surface area contributed by atoms with Crippen molar-refractivity contribution in [3.05, 3.63) is 39.7 Å². The van der Waals surface area contributed by atoms with Gasteiger partial charge in [-0.25, -0.2) is 0 Å². The van der Waals surface area contributed by atoms with Gasteiger partial charge in [-0.05, 0) is 25.3 Å². The van der Waals surface area contributed by atoms with E-state index in [2.05, 4.69) is 20.5 Å². The Labute approximate surface area is 118 Å². The molecule has 0 radical (unpaired) electrons. The number of nitro benzene ring substituents is 1. The summed E-state index contributed by atoms with van der Waals surface area (Å²) in [5, 5.41) is 19.8. The maximum Gasteiger partial charge on any atom is 0.283 e. The number of nitrogens with zero attached hydrogens (tertiary/aromatic N) is 3. The average Bonchev–Trinajstić information content (AvgIpc) is 2.83. The Morgan fingerprint density at radius 3 is 2.80 bits per heavy atom. The van der Waals surface area contributed by atoms with Crippen LogP contribution in [0.1, 0.15) is 16.2 Å².